The fraction of sp³-hybridized carbons (Fsp3) is 0.300. The molecule has 3 rings (SSSR count). The highest BCUT2D eigenvalue weighted by Crippen LogP contribution is 2.25. The topological polar surface area (TPSA) is 49.9 Å². The first kappa shape index (κ1) is 17.0. The number of rotatable bonds is 3. The molecule has 0 atom stereocenters. The fourth-order valence-electron chi connectivity index (χ4n) is 3.04. The summed E-state index contributed by atoms with van der Waals surface area (Å²) < 4.78 is 5.27. The van der Waals surface area contributed by atoms with Crippen LogP contribution in [0.15, 0.2) is 48.5 Å². The molecule has 25 heavy (non-hydrogen) atoms. The molecule has 0 saturated carbocycles. The Labute approximate surface area is 147 Å². The van der Waals surface area contributed by atoms with E-state index in [4.69, 9.17) is 4.74 Å². The Kier molecular flexibility index (Phi) is 5.03. The van der Waals surface area contributed by atoms with Gasteiger partial charge in [0.25, 0.3) is 5.91 Å². The van der Waals surface area contributed by atoms with E-state index in [0.717, 1.165) is 16.9 Å². The van der Waals surface area contributed by atoms with Gasteiger partial charge in [-0.3, -0.25) is 9.59 Å². The number of hydrogen-bond acceptors (Lipinski definition) is 3. The summed E-state index contributed by atoms with van der Waals surface area (Å²) in [4.78, 5) is 27.8. The van der Waals surface area contributed by atoms with Gasteiger partial charge in [0.2, 0.25) is 5.91 Å². The Morgan fingerprint density at radius 3 is 2.12 bits per heavy atom. The van der Waals surface area contributed by atoms with Crippen molar-refractivity contribution in [2.45, 2.75) is 6.92 Å². The number of piperazine rings is 1. The minimum Gasteiger partial charge on any atom is -0.497 e. The molecule has 0 aromatic heterocycles. The van der Waals surface area contributed by atoms with E-state index in [1.54, 1.807) is 18.9 Å². The molecule has 0 N–H and O–H groups in total. The van der Waals surface area contributed by atoms with Crippen LogP contribution >= 0.6 is 0 Å². The van der Waals surface area contributed by atoms with Crippen LogP contribution in [0.5, 0.6) is 5.75 Å². The molecule has 1 aliphatic heterocycles. The molecular weight excluding hydrogens is 316 g/mol. The molecule has 1 saturated heterocycles. The van der Waals surface area contributed by atoms with Crippen LogP contribution < -0.4 is 4.74 Å². The summed E-state index contributed by atoms with van der Waals surface area (Å²) in [6, 6.07) is 15.4. The molecule has 0 spiro atoms. The second-order valence-corrected chi connectivity index (χ2v) is 6.11. The molecule has 1 fully saturated rings. The number of hydrogen-bond donors (Lipinski definition) is 0. The highest BCUT2D eigenvalue weighted by Gasteiger charge is 2.23. The van der Waals surface area contributed by atoms with Gasteiger partial charge in [0, 0.05) is 38.7 Å². The summed E-state index contributed by atoms with van der Waals surface area (Å²) in [6.45, 7) is 3.89. The van der Waals surface area contributed by atoms with Crippen molar-refractivity contribution in [3.05, 3.63) is 54.1 Å². The fourth-order valence-corrected chi connectivity index (χ4v) is 3.04. The molecule has 5 heteroatoms. The van der Waals surface area contributed by atoms with Gasteiger partial charge in [-0.2, -0.15) is 0 Å². The molecule has 130 valence electrons. The van der Waals surface area contributed by atoms with Crippen LogP contribution in [0.3, 0.4) is 0 Å². The number of ether oxygens (including phenoxy) is 1. The second-order valence-electron chi connectivity index (χ2n) is 6.11. The van der Waals surface area contributed by atoms with Crippen LogP contribution in [0.4, 0.5) is 0 Å². The zero-order valence-electron chi connectivity index (χ0n) is 14.6. The third kappa shape index (κ3) is 3.82. The van der Waals surface area contributed by atoms with Gasteiger partial charge < -0.3 is 14.5 Å². The molecular formula is C20H22N2O3. The van der Waals surface area contributed by atoms with E-state index in [1.807, 2.05) is 53.4 Å². The van der Waals surface area contributed by atoms with Crippen molar-refractivity contribution in [2.24, 2.45) is 0 Å². The predicted octanol–water partition coefficient (Wildman–Crippen LogP) is 2.67. The van der Waals surface area contributed by atoms with Gasteiger partial charge in [-0.25, -0.2) is 0 Å². The lowest BCUT2D eigenvalue weighted by molar-refractivity contribution is -0.130. The predicted molar refractivity (Wildman–Crippen MR) is 96.6 cm³/mol. The number of amides is 2. The minimum absolute atomic E-state index is 0.00736. The third-order valence-electron chi connectivity index (χ3n) is 4.52. The van der Waals surface area contributed by atoms with Crippen molar-refractivity contribution < 1.29 is 14.3 Å². The van der Waals surface area contributed by atoms with Crippen LogP contribution in [0.25, 0.3) is 11.1 Å². The van der Waals surface area contributed by atoms with Gasteiger partial charge in [0.05, 0.1) is 7.11 Å². The molecule has 0 bridgehead atoms. The summed E-state index contributed by atoms with van der Waals surface area (Å²) in [5.74, 6) is 0.856. The van der Waals surface area contributed by atoms with E-state index in [9.17, 15) is 9.59 Å². The molecule has 5 nitrogen and oxygen atoms in total. The summed E-state index contributed by atoms with van der Waals surface area (Å²) >= 11 is 0. The van der Waals surface area contributed by atoms with Crippen molar-refractivity contribution in [1.82, 2.24) is 9.80 Å². The molecule has 1 aliphatic rings. The number of nitrogens with zero attached hydrogens (tertiary/aromatic N) is 2. The van der Waals surface area contributed by atoms with E-state index in [1.165, 1.54) is 0 Å². The Balaban J connectivity index is 1.77. The second kappa shape index (κ2) is 7.38. The van der Waals surface area contributed by atoms with Crippen molar-refractivity contribution in [3.8, 4) is 16.9 Å². The lowest BCUT2D eigenvalue weighted by Gasteiger charge is -2.34. The van der Waals surface area contributed by atoms with Crippen molar-refractivity contribution in [3.63, 3.8) is 0 Å². The molecule has 1 heterocycles. The highest BCUT2D eigenvalue weighted by molar-refractivity contribution is 5.95. The van der Waals surface area contributed by atoms with Crippen LogP contribution in [0.2, 0.25) is 0 Å². The summed E-state index contributed by atoms with van der Waals surface area (Å²) in [5, 5.41) is 0. The van der Waals surface area contributed by atoms with Crippen molar-refractivity contribution in [2.75, 3.05) is 33.3 Å². The Morgan fingerprint density at radius 1 is 0.880 bits per heavy atom. The van der Waals surface area contributed by atoms with Crippen molar-refractivity contribution >= 4 is 11.8 Å². The largest absolute Gasteiger partial charge is 0.497 e. The number of benzene rings is 2. The SMILES string of the molecule is COc1cccc(-c2cccc(C(=O)N3CCN(C(C)=O)CC3)c2)c1. The lowest BCUT2D eigenvalue weighted by atomic mass is 10.0. The van der Waals surface area contributed by atoms with Crippen LogP contribution in [-0.2, 0) is 4.79 Å². The van der Waals surface area contributed by atoms with Crippen LogP contribution in [-0.4, -0.2) is 54.9 Å². The number of methoxy groups -OCH3 is 1. The third-order valence-corrected chi connectivity index (χ3v) is 4.52. The smallest absolute Gasteiger partial charge is 0.253 e. The molecule has 0 aliphatic carbocycles. The zero-order chi connectivity index (χ0) is 17.8. The Morgan fingerprint density at radius 2 is 1.48 bits per heavy atom. The summed E-state index contributed by atoms with van der Waals surface area (Å²) in [5.41, 5.74) is 2.65. The average Bonchev–Trinajstić information content (AvgIpc) is 2.67. The summed E-state index contributed by atoms with van der Waals surface area (Å²) in [6.07, 6.45) is 0. The highest BCUT2D eigenvalue weighted by atomic mass is 16.5. The summed E-state index contributed by atoms with van der Waals surface area (Å²) in [7, 11) is 1.64. The quantitative estimate of drug-likeness (QED) is 0.864. The molecule has 2 amide bonds. The Hall–Kier alpha value is -2.82. The number of carbonyl (C=O) groups excluding carboxylic acids is 2. The maximum atomic E-state index is 12.8. The van der Waals surface area contributed by atoms with Gasteiger partial charge in [-0.15, -0.1) is 0 Å². The van der Waals surface area contributed by atoms with Crippen LogP contribution in [0.1, 0.15) is 17.3 Å². The Bertz CT molecular complexity index is 780. The van der Waals surface area contributed by atoms with E-state index >= 15 is 0 Å². The first-order valence-electron chi connectivity index (χ1n) is 8.38. The maximum Gasteiger partial charge on any atom is 0.253 e. The monoisotopic (exact) mass is 338 g/mol. The zero-order valence-corrected chi connectivity index (χ0v) is 14.6. The first-order chi connectivity index (χ1) is 12.1. The molecule has 2 aromatic carbocycles. The first-order valence-corrected chi connectivity index (χ1v) is 8.38. The molecule has 2 aromatic rings. The normalized spacial score (nSPS) is 14.3. The number of carbonyl (C=O) groups is 2. The van der Waals surface area contributed by atoms with E-state index < -0.39 is 0 Å². The van der Waals surface area contributed by atoms with Gasteiger partial charge in [-0.1, -0.05) is 24.3 Å². The molecule has 0 radical (unpaired) electrons. The van der Waals surface area contributed by atoms with Crippen LogP contribution in [0, 0.1) is 0 Å². The molecule has 0 unspecified atom stereocenters. The van der Waals surface area contributed by atoms with E-state index in [-0.39, 0.29) is 11.8 Å². The maximum absolute atomic E-state index is 12.8. The lowest BCUT2D eigenvalue weighted by Crippen LogP contribution is -2.50. The minimum atomic E-state index is 0.00736. The van der Waals surface area contributed by atoms with Gasteiger partial charge in [0.15, 0.2) is 0 Å². The standard InChI is InChI=1S/C20H22N2O3/c1-15(23)21-9-11-22(12-10-21)20(24)18-7-3-5-16(13-18)17-6-4-8-19(14-17)25-2/h3-8,13-14H,9-12H2,1-2H3. The van der Waals surface area contributed by atoms with Crippen molar-refractivity contribution in [1.29, 1.82) is 0 Å². The average molecular weight is 338 g/mol. The van der Waals surface area contributed by atoms with E-state index in [0.29, 0.717) is 31.7 Å². The van der Waals surface area contributed by atoms with Gasteiger partial charge in [-0.05, 0) is 35.4 Å². The van der Waals surface area contributed by atoms with Gasteiger partial charge in [0.1, 0.15) is 5.75 Å². The van der Waals surface area contributed by atoms with E-state index in [2.05, 4.69) is 0 Å². The van der Waals surface area contributed by atoms with Gasteiger partial charge >= 0.3 is 0 Å².